The summed E-state index contributed by atoms with van der Waals surface area (Å²) in [6.45, 7) is 0. The number of hydrogen-bond acceptors (Lipinski definition) is 4. The van der Waals surface area contributed by atoms with Gasteiger partial charge in [0.1, 0.15) is 0 Å². The van der Waals surface area contributed by atoms with Crippen LogP contribution in [0.2, 0.25) is 0 Å². The molecule has 0 atom stereocenters. The molecule has 2 rings (SSSR count). The highest BCUT2D eigenvalue weighted by molar-refractivity contribution is 7.98. The third-order valence-electron chi connectivity index (χ3n) is 2.60. The van der Waals surface area contributed by atoms with E-state index in [4.69, 9.17) is 5.11 Å². The Morgan fingerprint density at radius 2 is 1.95 bits per heavy atom. The SMILES string of the molecule is CSc1ccccc1NC(=O)Nc1cncc(C(=O)O)c1. The molecule has 1 aromatic carbocycles. The van der Waals surface area contributed by atoms with Crippen LogP contribution in [0.4, 0.5) is 16.2 Å². The first-order chi connectivity index (χ1) is 10.1. The summed E-state index contributed by atoms with van der Waals surface area (Å²) >= 11 is 1.52. The second-order valence-corrected chi connectivity index (χ2v) is 4.89. The molecule has 0 unspecified atom stereocenters. The van der Waals surface area contributed by atoms with Crippen LogP contribution in [0, 0.1) is 0 Å². The molecule has 2 aromatic rings. The number of aromatic carboxylic acids is 1. The monoisotopic (exact) mass is 303 g/mol. The van der Waals surface area contributed by atoms with E-state index in [0.717, 1.165) is 4.90 Å². The number of nitrogens with one attached hydrogen (secondary N) is 2. The zero-order chi connectivity index (χ0) is 15.2. The van der Waals surface area contributed by atoms with Gasteiger partial charge >= 0.3 is 12.0 Å². The van der Waals surface area contributed by atoms with Crippen LogP contribution in [0.15, 0.2) is 47.6 Å². The predicted octanol–water partition coefficient (Wildman–Crippen LogP) is 3.15. The molecule has 0 saturated carbocycles. The molecule has 0 saturated heterocycles. The van der Waals surface area contributed by atoms with Crippen LogP contribution >= 0.6 is 11.8 Å². The molecule has 0 fully saturated rings. The minimum absolute atomic E-state index is 0.0114. The van der Waals surface area contributed by atoms with Gasteiger partial charge in [-0.15, -0.1) is 11.8 Å². The number of carbonyl (C=O) groups is 2. The normalized spacial score (nSPS) is 9.95. The van der Waals surface area contributed by atoms with E-state index in [-0.39, 0.29) is 5.56 Å². The molecule has 0 aliphatic carbocycles. The highest BCUT2D eigenvalue weighted by Gasteiger charge is 2.08. The van der Waals surface area contributed by atoms with Crippen molar-refractivity contribution < 1.29 is 14.7 Å². The van der Waals surface area contributed by atoms with Gasteiger partial charge in [0.25, 0.3) is 0 Å². The summed E-state index contributed by atoms with van der Waals surface area (Å²) in [7, 11) is 0. The molecule has 0 bridgehead atoms. The molecular formula is C14H13N3O3S. The summed E-state index contributed by atoms with van der Waals surface area (Å²) in [6.07, 6.45) is 4.51. The van der Waals surface area contributed by atoms with Crippen molar-refractivity contribution >= 4 is 35.1 Å². The molecule has 2 amide bonds. The molecule has 108 valence electrons. The lowest BCUT2D eigenvalue weighted by atomic mass is 10.2. The Morgan fingerprint density at radius 1 is 1.19 bits per heavy atom. The molecule has 3 N–H and O–H groups in total. The average Bonchev–Trinajstić information content (AvgIpc) is 2.48. The minimum Gasteiger partial charge on any atom is -0.478 e. The van der Waals surface area contributed by atoms with E-state index in [9.17, 15) is 9.59 Å². The van der Waals surface area contributed by atoms with Crippen molar-refractivity contribution in [2.45, 2.75) is 4.90 Å². The number of amides is 2. The van der Waals surface area contributed by atoms with Crippen LogP contribution in [-0.2, 0) is 0 Å². The van der Waals surface area contributed by atoms with Crippen molar-refractivity contribution in [2.75, 3.05) is 16.9 Å². The number of carbonyl (C=O) groups excluding carboxylic acids is 1. The van der Waals surface area contributed by atoms with Crippen molar-refractivity contribution in [2.24, 2.45) is 0 Å². The van der Waals surface area contributed by atoms with Crippen LogP contribution < -0.4 is 10.6 Å². The molecule has 0 spiro atoms. The van der Waals surface area contributed by atoms with Crippen molar-refractivity contribution in [3.8, 4) is 0 Å². The first kappa shape index (κ1) is 14.9. The quantitative estimate of drug-likeness (QED) is 0.755. The first-order valence-corrected chi connectivity index (χ1v) is 7.22. The molecule has 0 aliphatic rings. The van der Waals surface area contributed by atoms with Crippen molar-refractivity contribution in [1.29, 1.82) is 0 Å². The number of hydrogen-bond donors (Lipinski definition) is 3. The van der Waals surface area contributed by atoms with Gasteiger partial charge in [0.15, 0.2) is 0 Å². The second kappa shape index (κ2) is 6.76. The van der Waals surface area contributed by atoms with Gasteiger partial charge in [-0.05, 0) is 24.5 Å². The van der Waals surface area contributed by atoms with E-state index in [2.05, 4.69) is 15.6 Å². The number of carboxylic acid groups (broad SMARTS) is 1. The van der Waals surface area contributed by atoms with Gasteiger partial charge in [-0.25, -0.2) is 9.59 Å². The largest absolute Gasteiger partial charge is 0.478 e. The van der Waals surface area contributed by atoms with E-state index < -0.39 is 12.0 Å². The maximum Gasteiger partial charge on any atom is 0.337 e. The molecule has 7 heteroatoms. The van der Waals surface area contributed by atoms with Crippen LogP contribution in [0.1, 0.15) is 10.4 Å². The number of aromatic nitrogens is 1. The van der Waals surface area contributed by atoms with Gasteiger partial charge in [0.2, 0.25) is 0 Å². The fraction of sp³-hybridized carbons (Fsp3) is 0.0714. The summed E-state index contributed by atoms with van der Waals surface area (Å²) in [5.74, 6) is -1.10. The highest BCUT2D eigenvalue weighted by atomic mass is 32.2. The Hall–Kier alpha value is -2.54. The van der Waals surface area contributed by atoms with Crippen molar-refractivity contribution in [1.82, 2.24) is 4.98 Å². The lowest BCUT2D eigenvalue weighted by molar-refractivity contribution is 0.0696. The standard InChI is InChI=1S/C14H13N3O3S/c1-21-12-5-3-2-4-11(12)17-14(20)16-10-6-9(13(18)19)7-15-8-10/h2-8H,1H3,(H,18,19)(H2,16,17,20). The summed E-state index contributed by atoms with van der Waals surface area (Å²) < 4.78 is 0. The number of pyridine rings is 1. The number of anilines is 2. The van der Waals surface area contributed by atoms with Gasteiger partial charge in [-0.1, -0.05) is 12.1 Å². The molecular weight excluding hydrogens is 290 g/mol. The summed E-state index contributed by atoms with van der Waals surface area (Å²) in [5.41, 5.74) is 1.01. The smallest absolute Gasteiger partial charge is 0.337 e. The van der Waals surface area contributed by atoms with E-state index in [1.165, 1.54) is 30.2 Å². The van der Waals surface area contributed by atoms with Gasteiger partial charge in [0, 0.05) is 11.1 Å². The van der Waals surface area contributed by atoms with Crippen LogP contribution in [0.25, 0.3) is 0 Å². The van der Waals surface area contributed by atoms with Crippen LogP contribution in [-0.4, -0.2) is 28.3 Å². The maximum atomic E-state index is 11.9. The Labute approximate surface area is 125 Å². The fourth-order valence-corrected chi connectivity index (χ4v) is 2.21. The van der Waals surface area contributed by atoms with Gasteiger partial charge < -0.3 is 15.7 Å². The van der Waals surface area contributed by atoms with Crippen LogP contribution in [0.3, 0.4) is 0 Å². The van der Waals surface area contributed by atoms with Gasteiger partial charge in [-0.3, -0.25) is 4.98 Å². The fourth-order valence-electron chi connectivity index (χ4n) is 1.66. The third kappa shape index (κ3) is 3.96. The molecule has 21 heavy (non-hydrogen) atoms. The van der Waals surface area contributed by atoms with E-state index in [0.29, 0.717) is 11.4 Å². The topological polar surface area (TPSA) is 91.3 Å². The van der Waals surface area contributed by atoms with Crippen LogP contribution in [0.5, 0.6) is 0 Å². The Bertz CT molecular complexity index is 676. The number of nitrogens with zero attached hydrogens (tertiary/aromatic N) is 1. The number of rotatable bonds is 4. The second-order valence-electron chi connectivity index (χ2n) is 4.05. The Morgan fingerprint density at radius 3 is 2.67 bits per heavy atom. The lowest BCUT2D eigenvalue weighted by Crippen LogP contribution is -2.20. The predicted molar refractivity (Wildman–Crippen MR) is 82.1 cm³/mol. The zero-order valence-corrected chi connectivity index (χ0v) is 12.0. The lowest BCUT2D eigenvalue weighted by Gasteiger charge is -2.10. The number of para-hydroxylation sites is 1. The first-order valence-electron chi connectivity index (χ1n) is 5.99. The average molecular weight is 303 g/mol. The highest BCUT2D eigenvalue weighted by Crippen LogP contribution is 2.24. The summed E-state index contributed by atoms with van der Waals surface area (Å²) in [4.78, 5) is 27.5. The summed E-state index contributed by atoms with van der Waals surface area (Å²) in [6, 6.07) is 8.28. The minimum atomic E-state index is -1.10. The van der Waals surface area contributed by atoms with Crippen molar-refractivity contribution in [3.63, 3.8) is 0 Å². The molecule has 1 aromatic heterocycles. The molecule has 1 heterocycles. The molecule has 0 aliphatic heterocycles. The van der Waals surface area contributed by atoms with E-state index >= 15 is 0 Å². The third-order valence-corrected chi connectivity index (χ3v) is 3.39. The number of carboxylic acids is 1. The maximum absolute atomic E-state index is 11.9. The molecule has 0 radical (unpaired) electrons. The van der Waals surface area contributed by atoms with E-state index in [1.54, 1.807) is 6.07 Å². The number of benzene rings is 1. The van der Waals surface area contributed by atoms with Crippen molar-refractivity contribution in [3.05, 3.63) is 48.3 Å². The Balaban J connectivity index is 2.08. The Kier molecular flexibility index (Phi) is 4.78. The van der Waals surface area contributed by atoms with E-state index in [1.807, 2.05) is 24.5 Å². The number of thioether (sulfide) groups is 1. The van der Waals surface area contributed by atoms with Gasteiger partial charge in [-0.2, -0.15) is 0 Å². The summed E-state index contributed by atoms with van der Waals surface area (Å²) in [5, 5.41) is 14.1. The number of urea groups is 1. The zero-order valence-electron chi connectivity index (χ0n) is 11.2. The van der Waals surface area contributed by atoms with Gasteiger partial charge in [0.05, 0.1) is 23.1 Å². The molecule has 6 nitrogen and oxygen atoms in total.